The Balaban J connectivity index is 1.78. The third kappa shape index (κ3) is 4.42. The molecule has 0 aromatic heterocycles. The fourth-order valence-corrected chi connectivity index (χ4v) is 5.18. The lowest BCUT2D eigenvalue weighted by Gasteiger charge is -2.51. The molecule has 0 spiro atoms. The summed E-state index contributed by atoms with van der Waals surface area (Å²) >= 11 is 0. The largest absolute Gasteiger partial charge is 0.353 e. The van der Waals surface area contributed by atoms with Crippen molar-refractivity contribution in [3.63, 3.8) is 0 Å². The smallest absolute Gasteiger partial charge is 0.227 e. The van der Waals surface area contributed by atoms with Crippen LogP contribution < -0.4 is 5.32 Å². The summed E-state index contributed by atoms with van der Waals surface area (Å²) in [5.74, 6) is 0.759. The molecule has 154 valence electrons. The van der Waals surface area contributed by atoms with Crippen LogP contribution in [0.3, 0.4) is 0 Å². The van der Waals surface area contributed by atoms with Gasteiger partial charge in [0.15, 0.2) is 0 Å². The van der Waals surface area contributed by atoms with Gasteiger partial charge in [0.05, 0.1) is 6.42 Å². The van der Waals surface area contributed by atoms with Crippen LogP contribution in [0.15, 0.2) is 24.3 Å². The van der Waals surface area contributed by atoms with E-state index in [1.54, 1.807) is 0 Å². The lowest BCUT2D eigenvalue weighted by Crippen LogP contribution is -2.59. The summed E-state index contributed by atoms with van der Waals surface area (Å²) in [5.41, 5.74) is 2.29. The number of amides is 2. The van der Waals surface area contributed by atoms with Gasteiger partial charge in [-0.1, -0.05) is 44.0 Å². The summed E-state index contributed by atoms with van der Waals surface area (Å²) in [5, 5.41) is 3.20. The molecule has 1 heterocycles. The van der Waals surface area contributed by atoms with Crippen molar-refractivity contribution in [1.82, 2.24) is 10.2 Å². The maximum atomic E-state index is 13.3. The van der Waals surface area contributed by atoms with Crippen molar-refractivity contribution in [2.24, 2.45) is 11.8 Å². The first-order chi connectivity index (χ1) is 13.4. The Kier molecular flexibility index (Phi) is 6.79. The van der Waals surface area contributed by atoms with E-state index >= 15 is 0 Å². The summed E-state index contributed by atoms with van der Waals surface area (Å²) in [6.45, 7) is 8.37. The lowest BCUT2D eigenvalue weighted by atomic mass is 9.69. The number of hydrogen-bond acceptors (Lipinski definition) is 2. The second kappa shape index (κ2) is 9.11. The minimum Gasteiger partial charge on any atom is -0.353 e. The first-order valence-electron chi connectivity index (χ1n) is 11.1. The summed E-state index contributed by atoms with van der Waals surface area (Å²) < 4.78 is 0. The third-order valence-corrected chi connectivity index (χ3v) is 6.95. The maximum absolute atomic E-state index is 13.3. The fraction of sp³-hybridized carbons (Fsp3) is 0.667. The number of rotatable bonds is 5. The van der Waals surface area contributed by atoms with Crippen LogP contribution in [-0.4, -0.2) is 34.8 Å². The van der Waals surface area contributed by atoms with Crippen molar-refractivity contribution >= 4 is 11.8 Å². The average molecular weight is 385 g/mol. The molecule has 1 aliphatic heterocycles. The molecule has 1 saturated carbocycles. The first-order valence-corrected chi connectivity index (χ1v) is 11.1. The van der Waals surface area contributed by atoms with Gasteiger partial charge in [0.2, 0.25) is 11.8 Å². The number of carbonyl (C=O) groups excluding carboxylic acids is 2. The number of aryl methyl sites for hydroxylation is 1. The number of piperidine rings is 1. The molecule has 2 fully saturated rings. The SMILES string of the molecule is CC[C@H](C)NC(=O)[C@@H]1C[C@H](C)N(C(=O)Cc2ccccc2C)[C@@H]2CCCC[C@H]21. The topological polar surface area (TPSA) is 49.4 Å². The van der Waals surface area contributed by atoms with Crippen LogP contribution in [0.1, 0.15) is 70.4 Å². The molecule has 1 saturated heterocycles. The van der Waals surface area contributed by atoms with Gasteiger partial charge in [0.1, 0.15) is 0 Å². The maximum Gasteiger partial charge on any atom is 0.227 e. The van der Waals surface area contributed by atoms with Gasteiger partial charge in [-0.15, -0.1) is 0 Å². The molecule has 0 radical (unpaired) electrons. The Morgan fingerprint density at radius 2 is 1.93 bits per heavy atom. The minimum atomic E-state index is 0.0387. The highest BCUT2D eigenvalue weighted by molar-refractivity contribution is 5.82. The predicted molar refractivity (Wildman–Crippen MR) is 113 cm³/mol. The molecule has 4 heteroatoms. The number of nitrogens with zero attached hydrogens (tertiary/aromatic N) is 1. The highest BCUT2D eigenvalue weighted by Gasteiger charge is 2.46. The molecule has 2 amide bonds. The van der Waals surface area contributed by atoms with Crippen LogP contribution in [0.4, 0.5) is 0 Å². The van der Waals surface area contributed by atoms with E-state index in [4.69, 9.17) is 0 Å². The molecule has 0 unspecified atom stereocenters. The van der Waals surface area contributed by atoms with E-state index in [0.29, 0.717) is 12.3 Å². The zero-order chi connectivity index (χ0) is 20.3. The van der Waals surface area contributed by atoms with E-state index in [1.807, 2.05) is 12.1 Å². The van der Waals surface area contributed by atoms with Crippen molar-refractivity contribution in [3.8, 4) is 0 Å². The number of benzene rings is 1. The molecule has 1 aliphatic carbocycles. The van der Waals surface area contributed by atoms with Crippen LogP contribution >= 0.6 is 0 Å². The molecule has 2 aliphatic rings. The summed E-state index contributed by atoms with van der Waals surface area (Å²) in [6.07, 6.45) is 6.60. The van der Waals surface area contributed by atoms with Gasteiger partial charge in [-0.25, -0.2) is 0 Å². The number of likely N-dealkylation sites (tertiary alicyclic amines) is 1. The highest BCUT2D eigenvalue weighted by Crippen LogP contribution is 2.42. The molecule has 1 aromatic rings. The zero-order valence-corrected chi connectivity index (χ0v) is 17.9. The Morgan fingerprint density at radius 1 is 1.21 bits per heavy atom. The van der Waals surface area contributed by atoms with Gasteiger partial charge in [0.25, 0.3) is 0 Å². The first kappa shape index (κ1) is 20.9. The minimum absolute atomic E-state index is 0.0387. The standard InChI is InChI=1S/C24H36N2O2/c1-5-17(3)25-24(28)21-14-18(4)26(22-13-9-8-12-20(21)22)23(27)15-19-11-7-6-10-16(19)2/h6-7,10-11,17-18,20-22H,5,8-9,12-15H2,1-4H3,(H,25,28)/t17-,18-,20-,21+,22+/m0/s1. The Morgan fingerprint density at radius 3 is 2.64 bits per heavy atom. The van der Waals surface area contributed by atoms with Gasteiger partial charge >= 0.3 is 0 Å². The van der Waals surface area contributed by atoms with E-state index in [2.05, 4.69) is 50.0 Å². The third-order valence-electron chi connectivity index (χ3n) is 6.95. The highest BCUT2D eigenvalue weighted by atomic mass is 16.2. The van der Waals surface area contributed by atoms with Gasteiger partial charge in [0, 0.05) is 24.0 Å². The van der Waals surface area contributed by atoms with Gasteiger partial charge in [-0.3, -0.25) is 9.59 Å². The summed E-state index contributed by atoms with van der Waals surface area (Å²) in [7, 11) is 0. The van der Waals surface area contributed by atoms with E-state index in [-0.39, 0.29) is 35.9 Å². The van der Waals surface area contributed by atoms with Crippen LogP contribution in [0.5, 0.6) is 0 Å². The van der Waals surface area contributed by atoms with Gasteiger partial charge in [-0.2, -0.15) is 0 Å². The zero-order valence-electron chi connectivity index (χ0n) is 17.9. The van der Waals surface area contributed by atoms with Crippen LogP contribution in [0, 0.1) is 18.8 Å². The van der Waals surface area contributed by atoms with Crippen molar-refractivity contribution in [2.75, 3.05) is 0 Å². The van der Waals surface area contributed by atoms with Crippen molar-refractivity contribution in [1.29, 1.82) is 0 Å². The molecule has 1 aromatic carbocycles. The molecule has 28 heavy (non-hydrogen) atoms. The second-order valence-electron chi connectivity index (χ2n) is 8.93. The molecule has 0 bridgehead atoms. The molecule has 1 N–H and O–H groups in total. The molecular formula is C24H36N2O2. The number of carbonyl (C=O) groups is 2. The molecular weight excluding hydrogens is 348 g/mol. The Bertz CT molecular complexity index is 702. The van der Waals surface area contributed by atoms with Gasteiger partial charge in [-0.05, 0) is 63.5 Å². The monoisotopic (exact) mass is 384 g/mol. The molecule has 4 nitrogen and oxygen atoms in total. The van der Waals surface area contributed by atoms with Crippen LogP contribution in [0.2, 0.25) is 0 Å². The van der Waals surface area contributed by atoms with Gasteiger partial charge < -0.3 is 10.2 Å². The number of fused-ring (bicyclic) bond motifs is 1. The van der Waals surface area contributed by atoms with Crippen LogP contribution in [0.25, 0.3) is 0 Å². The summed E-state index contributed by atoms with van der Waals surface area (Å²) in [6, 6.07) is 8.69. The average Bonchev–Trinajstić information content (AvgIpc) is 2.68. The quantitative estimate of drug-likeness (QED) is 0.825. The lowest BCUT2D eigenvalue weighted by molar-refractivity contribution is -0.148. The van der Waals surface area contributed by atoms with Crippen LogP contribution in [-0.2, 0) is 16.0 Å². The van der Waals surface area contributed by atoms with Crippen molar-refractivity contribution < 1.29 is 9.59 Å². The van der Waals surface area contributed by atoms with E-state index < -0.39 is 0 Å². The Labute approximate surface area is 170 Å². The fourth-order valence-electron chi connectivity index (χ4n) is 5.18. The summed E-state index contributed by atoms with van der Waals surface area (Å²) in [4.78, 5) is 28.4. The van der Waals surface area contributed by atoms with E-state index in [1.165, 1.54) is 12.0 Å². The molecule has 3 rings (SSSR count). The normalized spacial score (nSPS) is 28.4. The van der Waals surface area contributed by atoms with E-state index in [0.717, 1.165) is 37.7 Å². The van der Waals surface area contributed by atoms with E-state index in [9.17, 15) is 9.59 Å². The predicted octanol–water partition coefficient (Wildman–Crippen LogP) is 4.25. The number of nitrogens with one attached hydrogen (secondary N) is 1. The number of hydrogen-bond donors (Lipinski definition) is 1. The molecule has 5 atom stereocenters. The Hall–Kier alpha value is -1.84. The van der Waals surface area contributed by atoms with Crippen molar-refractivity contribution in [2.45, 2.75) is 90.8 Å². The second-order valence-corrected chi connectivity index (χ2v) is 8.93. The van der Waals surface area contributed by atoms with Crippen molar-refractivity contribution in [3.05, 3.63) is 35.4 Å².